The molecule has 0 saturated heterocycles. The number of hydrogen-bond donors (Lipinski definition) is 0. The molecule has 0 aliphatic heterocycles. The fourth-order valence-corrected chi connectivity index (χ4v) is 10.0. The van der Waals surface area contributed by atoms with Crippen molar-refractivity contribution in [1.82, 2.24) is 0 Å². The average molecular weight is 661 g/mol. The predicted octanol–water partition coefficient (Wildman–Crippen LogP) is 13.5. The molecule has 0 saturated carbocycles. The lowest BCUT2D eigenvalue weighted by Crippen LogP contribution is -2.25. The van der Waals surface area contributed by atoms with Crippen LogP contribution in [0.3, 0.4) is 0 Å². The molecular weight excluding hydrogens is 625 g/mol. The lowest BCUT2D eigenvalue weighted by atomic mass is 9.70. The molecule has 3 aliphatic rings. The third-order valence-corrected chi connectivity index (χ3v) is 12.2. The summed E-state index contributed by atoms with van der Waals surface area (Å²) in [7, 11) is 0. The van der Waals surface area contributed by atoms with Gasteiger partial charge in [-0.25, -0.2) is 0 Å². The van der Waals surface area contributed by atoms with E-state index in [-0.39, 0.29) is 5.41 Å². The second-order valence-electron chi connectivity index (χ2n) is 14.8. The predicted molar refractivity (Wildman–Crippen MR) is 219 cm³/mol. The third kappa shape index (κ3) is 3.93. The Labute approximate surface area is 305 Å². The molecule has 0 amide bonds. The Balaban J connectivity index is 1.20. The molecule has 1 spiro atoms. The van der Waals surface area contributed by atoms with Gasteiger partial charge < -0.3 is 0 Å². The van der Waals surface area contributed by atoms with Gasteiger partial charge in [0, 0.05) is 5.92 Å². The molecule has 0 N–H and O–H groups in total. The van der Waals surface area contributed by atoms with Gasteiger partial charge in [-0.1, -0.05) is 183 Å². The second-order valence-corrected chi connectivity index (χ2v) is 14.8. The maximum absolute atomic E-state index is 2.51. The molecular formula is C52H36. The van der Waals surface area contributed by atoms with E-state index in [0.29, 0.717) is 11.8 Å². The first-order valence-electron chi connectivity index (χ1n) is 18.6. The molecule has 52 heavy (non-hydrogen) atoms. The average Bonchev–Trinajstić information content (AvgIpc) is 3.67. The van der Waals surface area contributed by atoms with E-state index in [2.05, 4.69) is 195 Å². The maximum atomic E-state index is 2.51. The number of fused-ring (bicyclic) bond motifs is 12. The third-order valence-electron chi connectivity index (χ3n) is 12.2. The Hall–Kier alpha value is -6.24. The van der Waals surface area contributed by atoms with E-state index in [0.717, 1.165) is 0 Å². The lowest BCUT2D eigenvalue weighted by molar-refractivity contribution is 0.643. The Morgan fingerprint density at radius 3 is 1.58 bits per heavy atom. The molecule has 0 bridgehead atoms. The highest BCUT2D eigenvalue weighted by Crippen LogP contribution is 2.63. The number of benzene rings is 8. The molecule has 11 rings (SSSR count). The molecule has 0 heteroatoms. The van der Waals surface area contributed by atoms with Crippen molar-refractivity contribution in [3.8, 4) is 44.5 Å². The minimum absolute atomic E-state index is 0.300. The van der Waals surface area contributed by atoms with Gasteiger partial charge >= 0.3 is 0 Å². The Bertz CT molecular complexity index is 2750. The van der Waals surface area contributed by atoms with E-state index in [1.54, 1.807) is 0 Å². The fourth-order valence-electron chi connectivity index (χ4n) is 10.0. The highest BCUT2D eigenvalue weighted by atomic mass is 14.5. The van der Waals surface area contributed by atoms with Gasteiger partial charge in [0.15, 0.2) is 0 Å². The van der Waals surface area contributed by atoms with E-state index in [1.165, 1.54) is 93.9 Å². The van der Waals surface area contributed by atoms with Gasteiger partial charge in [0.05, 0.1) is 5.41 Å². The number of allylic oxidation sites excluding steroid dienone is 4. The first-order valence-corrected chi connectivity index (χ1v) is 18.6. The van der Waals surface area contributed by atoms with E-state index >= 15 is 0 Å². The van der Waals surface area contributed by atoms with Crippen molar-refractivity contribution in [1.29, 1.82) is 0 Å². The minimum atomic E-state index is -0.360. The highest BCUT2D eigenvalue weighted by molar-refractivity contribution is 6.16. The van der Waals surface area contributed by atoms with Crippen molar-refractivity contribution in [2.75, 3.05) is 0 Å². The summed E-state index contributed by atoms with van der Waals surface area (Å²) in [5.41, 5.74) is 17.0. The second kappa shape index (κ2) is 11.1. The molecule has 0 nitrogen and oxygen atoms in total. The zero-order valence-electron chi connectivity index (χ0n) is 29.1. The Kier molecular flexibility index (Phi) is 6.31. The Morgan fingerprint density at radius 2 is 0.904 bits per heavy atom. The van der Waals surface area contributed by atoms with Gasteiger partial charge in [-0.2, -0.15) is 0 Å². The van der Waals surface area contributed by atoms with Crippen LogP contribution in [0.5, 0.6) is 0 Å². The molecule has 0 heterocycles. The lowest BCUT2D eigenvalue weighted by Gasteiger charge is -2.30. The molecule has 2 atom stereocenters. The van der Waals surface area contributed by atoms with Crippen molar-refractivity contribution in [3.63, 3.8) is 0 Å². The molecule has 3 aliphatic carbocycles. The van der Waals surface area contributed by atoms with E-state index in [1.807, 2.05) is 0 Å². The first-order chi connectivity index (χ1) is 25.7. The van der Waals surface area contributed by atoms with Crippen molar-refractivity contribution in [2.45, 2.75) is 18.3 Å². The van der Waals surface area contributed by atoms with Crippen LogP contribution in [0.2, 0.25) is 0 Å². The summed E-state index contributed by atoms with van der Waals surface area (Å²) in [6, 6.07) is 61.8. The SMILES string of the molecule is CC1C=CC=CC1c1c2ccccc2c(-c2ccccc2)c2cc(-c3ccc4c(c3)C3(c5ccccc5-c5ccccc53)c3ccccc3-4)ccc12. The van der Waals surface area contributed by atoms with Gasteiger partial charge in [-0.3, -0.25) is 0 Å². The van der Waals surface area contributed by atoms with Crippen LogP contribution in [0, 0.1) is 5.92 Å². The molecule has 8 aromatic carbocycles. The molecule has 0 aromatic heterocycles. The monoisotopic (exact) mass is 660 g/mol. The Morgan fingerprint density at radius 1 is 0.385 bits per heavy atom. The van der Waals surface area contributed by atoms with Crippen LogP contribution in [-0.2, 0) is 5.41 Å². The van der Waals surface area contributed by atoms with Crippen molar-refractivity contribution in [2.24, 2.45) is 5.92 Å². The minimum Gasteiger partial charge on any atom is -0.0808 e. The van der Waals surface area contributed by atoms with Crippen LogP contribution in [0.1, 0.15) is 40.7 Å². The smallest absolute Gasteiger partial charge is 0.0725 e. The summed E-state index contributed by atoms with van der Waals surface area (Å²) < 4.78 is 0. The van der Waals surface area contributed by atoms with Crippen molar-refractivity contribution < 1.29 is 0 Å². The van der Waals surface area contributed by atoms with Crippen LogP contribution in [0.4, 0.5) is 0 Å². The molecule has 244 valence electrons. The van der Waals surface area contributed by atoms with Gasteiger partial charge in [0.25, 0.3) is 0 Å². The normalized spacial score (nSPS) is 17.3. The van der Waals surface area contributed by atoms with Crippen LogP contribution >= 0.6 is 0 Å². The van der Waals surface area contributed by atoms with Gasteiger partial charge in [-0.05, 0) is 112 Å². The number of hydrogen-bond acceptors (Lipinski definition) is 0. The van der Waals surface area contributed by atoms with E-state index < -0.39 is 0 Å². The summed E-state index contributed by atoms with van der Waals surface area (Å²) in [4.78, 5) is 0. The quantitative estimate of drug-likeness (QED) is 0.165. The first kappa shape index (κ1) is 29.5. The van der Waals surface area contributed by atoms with E-state index in [4.69, 9.17) is 0 Å². The van der Waals surface area contributed by atoms with Crippen LogP contribution < -0.4 is 0 Å². The molecule has 8 aromatic rings. The topological polar surface area (TPSA) is 0 Å². The van der Waals surface area contributed by atoms with Crippen LogP contribution in [-0.4, -0.2) is 0 Å². The molecule has 2 unspecified atom stereocenters. The largest absolute Gasteiger partial charge is 0.0808 e. The summed E-state index contributed by atoms with van der Waals surface area (Å²) in [5.74, 6) is 0.708. The summed E-state index contributed by atoms with van der Waals surface area (Å²) in [6.45, 7) is 2.35. The number of rotatable bonds is 3. The van der Waals surface area contributed by atoms with Gasteiger partial charge in [0.2, 0.25) is 0 Å². The summed E-state index contributed by atoms with van der Waals surface area (Å²) in [5, 5.41) is 5.30. The maximum Gasteiger partial charge on any atom is 0.0725 e. The van der Waals surface area contributed by atoms with Crippen molar-refractivity contribution >= 4 is 21.5 Å². The summed E-state index contributed by atoms with van der Waals surface area (Å²) >= 11 is 0. The molecule has 0 fully saturated rings. The van der Waals surface area contributed by atoms with Crippen LogP contribution in [0.15, 0.2) is 188 Å². The summed E-state index contributed by atoms with van der Waals surface area (Å²) in [6.07, 6.45) is 9.17. The van der Waals surface area contributed by atoms with Gasteiger partial charge in [0.1, 0.15) is 0 Å². The zero-order valence-corrected chi connectivity index (χ0v) is 29.1. The van der Waals surface area contributed by atoms with E-state index in [9.17, 15) is 0 Å². The van der Waals surface area contributed by atoms with Gasteiger partial charge in [-0.15, -0.1) is 0 Å². The fraction of sp³-hybridized carbons (Fsp3) is 0.0769. The highest BCUT2D eigenvalue weighted by Gasteiger charge is 2.51. The van der Waals surface area contributed by atoms with Crippen molar-refractivity contribution in [3.05, 3.63) is 216 Å². The molecule has 0 radical (unpaired) electrons. The standard InChI is InChI=1S/C52H36/c1-33-15-5-6-18-37(33)51-43-23-8-7-22-42(43)50(34-16-3-2-4-17-34)45-31-35(28-30-44(45)51)36-27-29-41-40-21-11-14-26-48(40)52(49(41)32-36)46-24-12-9-19-38(46)39-20-10-13-25-47(39)52/h2-33,37H,1H3. The van der Waals surface area contributed by atoms with Crippen LogP contribution in [0.25, 0.3) is 66.1 Å². The zero-order chi connectivity index (χ0) is 34.4.